The third-order valence-electron chi connectivity index (χ3n) is 5.15. The van der Waals surface area contributed by atoms with Crippen molar-refractivity contribution in [3.8, 4) is 0 Å². The lowest BCUT2D eigenvalue weighted by Crippen LogP contribution is -2.45. The normalized spacial score (nSPS) is 16.2. The van der Waals surface area contributed by atoms with Gasteiger partial charge in [-0.2, -0.15) is 0 Å². The fraction of sp³-hybridized carbons (Fsp3) is 0.381. The summed E-state index contributed by atoms with van der Waals surface area (Å²) in [5.41, 5.74) is 1.75. The molecular weight excluding hydrogens is 407 g/mol. The largest absolute Gasteiger partial charge is 0.369 e. The van der Waals surface area contributed by atoms with Crippen LogP contribution < -0.4 is 14.5 Å². The van der Waals surface area contributed by atoms with E-state index in [4.69, 9.17) is 0 Å². The molecule has 1 aliphatic heterocycles. The van der Waals surface area contributed by atoms with Crippen LogP contribution in [0.2, 0.25) is 0 Å². The number of nitrogens with one attached hydrogen (secondary N) is 1. The number of carbonyl (C=O) groups is 1. The van der Waals surface area contributed by atoms with E-state index in [0.717, 1.165) is 48.5 Å². The molecule has 1 heterocycles. The predicted molar refractivity (Wildman–Crippen MR) is 118 cm³/mol. The van der Waals surface area contributed by atoms with Gasteiger partial charge in [0.2, 0.25) is 15.9 Å². The number of piperazine rings is 1. The number of sulfonamides is 1. The summed E-state index contributed by atoms with van der Waals surface area (Å²) in [6.45, 7) is 5.35. The molecular formula is C21H27FN4O3S. The molecule has 0 aromatic heterocycles. The van der Waals surface area contributed by atoms with Crippen LogP contribution >= 0.6 is 0 Å². The highest BCUT2D eigenvalue weighted by Crippen LogP contribution is 2.23. The molecule has 7 nitrogen and oxygen atoms in total. The molecule has 1 saturated heterocycles. The van der Waals surface area contributed by atoms with E-state index >= 15 is 0 Å². The molecule has 1 aliphatic rings. The summed E-state index contributed by atoms with van der Waals surface area (Å²) in [5.74, 6) is -1.08. The van der Waals surface area contributed by atoms with Crippen molar-refractivity contribution in [3.63, 3.8) is 0 Å². The summed E-state index contributed by atoms with van der Waals surface area (Å²) in [4.78, 5) is 17.3. The van der Waals surface area contributed by atoms with Crippen LogP contribution in [0, 0.1) is 5.82 Å². The summed E-state index contributed by atoms with van der Waals surface area (Å²) in [6.07, 6.45) is 0.993. The summed E-state index contributed by atoms with van der Waals surface area (Å²) in [6, 6.07) is 11.6. The molecule has 1 N–H and O–H groups in total. The average Bonchev–Trinajstić information content (AvgIpc) is 2.68. The first-order valence-corrected chi connectivity index (χ1v) is 11.6. The monoisotopic (exact) mass is 434 g/mol. The van der Waals surface area contributed by atoms with Gasteiger partial charge in [0.05, 0.1) is 11.9 Å². The van der Waals surface area contributed by atoms with Crippen LogP contribution in [0.4, 0.5) is 21.5 Å². The number of benzene rings is 2. The van der Waals surface area contributed by atoms with E-state index in [1.165, 1.54) is 25.1 Å². The lowest BCUT2D eigenvalue weighted by Gasteiger charge is -2.34. The number of hydrogen-bond donors (Lipinski definition) is 1. The Morgan fingerprint density at radius 3 is 2.30 bits per heavy atom. The van der Waals surface area contributed by atoms with E-state index in [9.17, 15) is 17.6 Å². The first-order valence-electron chi connectivity index (χ1n) is 9.74. The molecule has 2 aromatic rings. The van der Waals surface area contributed by atoms with Crippen LogP contribution in [0.1, 0.15) is 6.92 Å². The van der Waals surface area contributed by atoms with Gasteiger partial charge in [0.15, 0.2) is 0 Å². The Balaban J connectivity index is 1.72. The second-order valence-corrected chi connectivity index (χ2v) is 9.40. The van der Waals surface area contributed by atoms with Gasteiger partial charge in [0.25, 0.3) is 0 Å². The predicted octanol–water partition coefficient (Wildman–Crippen LogP) is 2.37. The Hall–Kier alpha value is -2.65. The summed E-state index contributed by atoms with van der Waals surface area (Å²) in [5, 5.41) is 2.75. The summed E-state index contributed by atoms with van der Waals surface area (Å²) >= 11 is 0. The van der Waals surface area contributed by atoms with Crippen molar-refractivity contribution in [3.05, 3.63) is 54.3 Å². The highest BCUT2D eigenvalue weighted by molar-refractivity contribution is 7.92. The van der Waals surface area contributed by atoms with Crippen LogP contribution in [0.3, 0.4) is 0 Å². The smallest absolute Gasteiger partial charge is 0.247 e. The van der Waals surface area contributed by atoms with Crippen molar-refractivity contribution in [1.82, 2.24) is 4.90 Å². The topological polar surface area (TPSA) is 73.0 Å². The van der Waals surface area contributed by atoms with Crippen molar-refractivity contribution < 1.29 is 17.6 Å². The Labute approximate surface area is 177 Å². The van der Waals surface area contributed by atoms with E-state index in [2.05, 4.69) is 22.2 Å². The molecule has 1 amide bonds. The molecule has 1 atom stereocenters. The molecule has 0 aliphatic carbocycles. The van der Waals surface area contributed by atoms with Crippen LogP contribution in [-0.4, -0.2) is 64.7 Å². The Morgan fingerprint density at radius 1 is 1.10 bits per heavy atom. The minimum atomic E-state index is -3.80. The molecule has 9 heteroatoms. The highest BCUT2D eigenvalue weighted by atomic mass is 32.2. The maximum absolute atomic E-state index is 13.6. The minimum absolute atomic E-state index is 0.102. The highest BCUT2D eigenvalue weighted by Gasteiger charge is 2.29. The lowest BCUT2D eigenvalue weighted by molar-refractivity contribution is -0.116. The van der Waals surface area contributed by atoms with Gasteiger partial charge in [0, 0.05) is 37.6 Å². The van der Waals surface area contributed by atoms with E-state index in [0.29, 0.717) is 5.69 Å². The van der Waals surface area contributed by atoms with E-state index in [1.54, 1.807) is 12.1 Å². The number of carbonyl (C=O) groups excluding carboxylic acids is 1. The van der Waals surface area contributed by atoms with E-state index < -0.39 is 27.8 Å². The van der Waals surface area contributed by atoms with Gasteiger partial charge in [-0.25, -0.2) is 12.8 Å². The number of rotatable bonds is 6. The molecule has 0 bridgehead atoms. The average molecular weight is 435 g/mol. The fourth-order valence-corrected chi connectivity index (χ4v) is 4.66. The second kappa shape index (κ2) is 9.01. The van der Waals surface area contributed by atoms with Gasteiger partial charge in [0.1, 0.15) is 11.9 Å². The Bertz CT molecular complexity index is 990. The first-order chi connectivity index (χ1) is 14.1. The third-order valence-corrected chi connectivity index (χ3v) is 6.40. The van der Waals surface area contributed by atoms with Crippen molar-refractivity contribution >= 4 is 33.0 Å². The van der Waals surface area contributed by atoms with Crippen LogP contribution in [0.5, 0.6) is 0 Å². The van der Waals surface area contributed by atoms with Gasteiger partial charge < -0.3 is 15.1 Å². The number of nitrogens with zero attached hydrogens (tertiary/aromatic N) is 3. The third kappa shape index (κ3) is 5.28. The zero-order valence-corrected chi connectivity index (χ0v) is 18.2. The zero-order chi connectivity index (χ0) is 21.9. The molecule has 0 saturated carbocycles. The summed E-state index contributed by atoms with van der Waals surface area (Å²) < 4.78 is 39.1. The number of anilines is 3. The van der Waals surface area contributed by atoms with Crippen LogP contribution in [0.15, 0.2) is 48.5 Å². The van der Waals surface area contributed by atoms with Crippen LogP contribution in [-0.2, 0) is 14.8 Å². The molecule has 0 radical (unpaired) electrons. The maximum atomic E-state index is 13.6. The van der Waals surface area contributed by atoms with E-state index in [1.807, 2.05) is 12.1 Å². The fourth-order valence-electron chi connectivity index (χ4n) is 3.49. The second-order valence-electron chi connectivity index (χ2n) is 7.54. The molecule has 0 unspecified atom stereocenters. The van der Waals surface area contributed by atoms with Gasteiger partial charge in [-0.15, -0.1) is 0 Å². The lowest BCUT2D eigenvalue weighted by atomic mass is 10.2. The van der Waals surface area contributed by atoms with Crippen molar-refractivity contribution in [2.75, 3.05) is 54.0 Å². The van der Waals surface area contributed by atoms with Crippen molar-refractivity contribution in [2.45, 2.75) is 13.0 Å². The van der Waals surface area contributed by atoms with Gasteiger partial charge in [-0.1, -0.05) is 6.07 Å². The Kier molecular flexibility index (Phi) is 6.62. The van der Waals surface area contributed by atoms with Gasteiger partial charge in [-0.3, -0.25) is 9.10 Å². The minimum Gasteiger partial charge on any atom is -0.369 e. The van der Waals surface area contributed by atoms with Gasteiger partial charge >= 0.3 is 0 Å². The molecule has 30 heavy (non-hydrogen) atoms. The Morgan fingerprint density at radius 2 is 1.73 bits per heavy atom. The maximum Gasteiger partial charge on any atom is 0.247 e. The van der Waals surface area contributed by atoms with E-state index in [-0.39, 0.29) is 5.69 Å². The molecule has 162 valence electrons. The van der Waals surface area contributed by atoms with Crippen molar-refractivity contribution in [1.29, 1.82) is 0 Å². The number of hydrogen-bond acceptors (Lipinski definition) is 5. The van der Waals surface area contributed by atoms with Crippen LogP contribution in [0.25, 0.3) is 0 Å². The molecule has 0 spiro atoms. The molecule has 3 rings (SSSR count). The standard InChI is InChI=1S/C21H27FN4O3S/c1-16(26(30(3,28)29)20-6-4-5-17(22)15-20)21(27)23-18-7-9-19(10-8-18)25-13-11-24(2)12-14-25/h4-10,15-16H,11-14H2,1-3H3,(H,23,27)/t16-/m1/s1. The van der Waals surface area contributed by atoms with Crippen molar-refractivity contribution in [2.24, 2.45) is 0 Å². The quantitative estimate of drug-likeness (QED) is 0.756. The zero-order valence-electron chi connectivity index (χ0n) is 17.4. The number of halogens is 1. The first kappa shape index (κ1) is 22.0. The SMILES string of the molecule is C[C@H](C(=O)Nc1ccc(N2CCN(C)CC2)cc1)N(c1cccc(F)c1)S(C)(=O)=O. The number of likely N-dealkylation sites (N-methyl/N-ethyl adjacent to an activating group) is 1. The van der Waals surface area contributed by atoms with Gasteiger partial charge in [-0.05, 0) is 56.4 Å². The number of amides is 1. The molecule has 1 fully saturated rings. The summed E-state index contributed by atoms with van der Waals surface area (Å²) in [7, 11) is -1.70. The molecule has 2 aromatic carbocycles.